The highest BCUT2D eigenvalue weighted by Crippen LogP contribution is 2.42. The minimum atomic E-state index is -0.104. The average molecular weight is 128 g/mol. The van der Waals surface area contributed by atoms with Gasteiger partial charge in [0.15, 0.2) is 0 Å². The monoisotopic (exact) mass is 128 g/mol. The fourth-order valence-corrected chi connectivity index (χ4v) is 1.48. The fraction of sp³-hybridized carbons (Fsp3) is 0.857. The molecule has 1 fully saturated rings. The number of aldehydes is 1. The van der Waals surface area contributed by atoms with Gasteiger partial charge in [-0.1, -0.05) is 6.92 Å². The number of aliphatic hydroxyl groups excluding tert-OH is 1. The Morgan fingerprint density at radius 2 is 2.33 bits per heavy atom. The Kier molecular flexibility index (Phi) is 1.58. The summed E-state index contributed by atoms with van der Waals surface area (Å²) in [7, 11) is 0. The molecule has 1 aliphatic rings. The number of aliphatic hydroxyl groups is 1. The van der Waals surface area contributed by atoms with Gasteiger partial charge in [0, 0.05) is 12.0 Å². The van der Waals surface area contributed by atoms with Gasteiger partial charge in [-0.25, -0.2) is 0 Å². The Labute approximate surface area is 54.9 Å². The smallest absolute Gasteiger partial charge is 0.125 e. The van der Waals surface area contributed by atoms with Gasteiger partial charge < -0.3 is 9.90 Å². The van der Waals surface area contributed by atoms with E-state index in [1.807, 2.05) is 6.92 Å². The lowest BCUT2D eigenvalue weighted by Gasteiger charge is -2.39. The molecule has 0 aromatic heterocycles. The van der Waals surface area contributed by atoms with Gasteiger partial charge in [0.2, 0.25) is 0 Å². The summed E-state index contributed by atoms with van der Waals surface area (Å²) in [6, 6.07) is 0. The first kappa shape index (κ1) is 6.75. The molecule has 0 bridgehead atoms. The maximum absolute atomic E-state index is 10.3. The average Bonchev–Trinajstić information content (AvgIpc) is 1.81. The van der Waals surface area contributed by atoms with Crippen LogP contribution in [0.3, 0.4) is 0 Å². The molecule has 0 unspecified atom stereocenters. The molecule has 0 aromatic carbocycles. The Bertz CT molecular complexity index is 114. The second kappa shape index (κ2) is 2.10. The van der Waals surface area contributed by atoms with Gasteiger partial charge in [0.05, 0.1) is 0 Å². The third-order valence-electron chi connectivity index (χ3n) is 2.05. The number of carbonyl (C=O) groups is 1. The van der Waals surface area contributed by atoms with E-state index in [0.717, 1.165) is 19.1 Å². The van der Waals surface area contributed by atoms with Crippen molar-refractivity contribution in [1.82, 2.24) is 0 Å². The van der Waals surface area contributed by atoms with Crippen molar-refractivity contribution in [3.05, 3.63) is 0 Å². The SMILES string of the molecule is CC1(C=O)CC(CO)C1. The molecule has 0 atom stereocenters. The summed E-state index contributed by atoms with van der Waals surface area (Å²) in [5.74, 6) is 0.389. The van der Waals surface area contributed by atoms with Crippen molar-refractivity contribution in [2.24, 2.45) is 11.3 Å². The van der Waals surface area contributed by atoms with Gasteiger partial charge in [-0.05, 0) is 18.8 Å². The molecule has 0 aromatic rings. The van der Waals surface area contributed by atoms with E-state index in [1.165, 1.54) is 0 Å². The van der Waals surface area contributed by atoms with Crippen molar-refractivity contribution in [3.8, 4) is 0 Å². The van der Waals surface area contributed by atoms with Crippen LogP contribution in [0.5, 0.6) is 0 Å². The molecule has 0 spiro atoms. The second-order valence-corrected chi connectivity index (χ2v) is 3.23. The lowest BCUT2D eigenvalue weighted by molar-refractivity contribution is -0.123. The molecule has 0 radical (unpaired) electrons. The van der Waals surface area contributed by atoms with E-state index in [2.05, 4.69) is 0 Å². The zero-order chi connectivity index (χ0) is 6.91. The predicted octanol–water partition coefficient (Wildman–Crippen LogP) is 0.594. The van der Waals surface area contributed by atoms with Crippen LogP contribution in [0, 0.1) is 11.3 Å². The predicted molar refractivity (Wildman–Crippen MR) is 34.0 cm³/mol. The molecule has 0 aliphatic heterocycles. The summed E-state index contributed by atoms with van der Waals surface area (Å²) in [4.78, 5) is 10.3. The minimum absolute atomic E-state index is 0.104. The van der Waals surface area contributed by atoms with Gasteiger partial charge in [0.25, 0.3) is 0 Å². The van der Waals surface area contributed by atoms with Crippen LogP contribution < -0.4 is 0 Å². The second-order valence-electron chi connectivity index (χ2n) is 3.23. The summed E-state index contributed by atoms with van der Waals surface area (Å²) < 4.78 is 0. The van der Waals surface area contributed by atoms with E-state index >= 15 is 0 Å². The molecule has 2 heteroatoms. The van der Waals surface area contributed by atoms with Crippen LogP contribution in [-0.4, -0.2) is 18.0 Å². The first-order chi connectivity index (χ1) is 4.20. The minimum Gasteiger partial charge on any atom is -0.396 e. The first-order valence-corrected chi connectivity index (χ1v) is 3.27. The molecule has 9 heavy (non-hydrogen) atoms. The van der Waals surface area contributed by atoms with Crippen LogP contribution in [0.25, 0.3) is 0 Å². The molecule has 1 rings (SSSR count). The number of hydrogen-bond acceptors (Lipinski definition) is 2. The molecule has 0 heterocycles. The summed E-state index contributed by atoms with van der Waals surface area (Å²) in [6.45, 7) is 2.18. The highest BCUT2D eigenvalue weighted by molar-refractivity contribution is 5.60. The van der Waals surface area contributed by atoms with Gasteiger partial charge in [-0.2, -0.15) is 0 Å². The highest BCUT2D eigenvalue weighted by atomic mass is 16.3. The van der Waals surface area contributed by atoms with Gasteiger partial charge >= 0.3 is 0 Å². The van der Waals surface area contributed by atoms with E-state index in [9.17, 15) is 4.79 Å². The lowest BCUT2D eigenvalue weighted by atomic mass is 9.64. The molecule has 0 amide bonds. The Balaban J connectivity index is 2.32. The standard InChI is InChI=1S/C7H12O2/c1-7(5-9)2-6(3-7)4-8/h5-6,8H,2-4H2,1H3. The van der Waals surface area contributed by atoms with Crippen molar-refractivity contribution < 1.29 is 9.90 Å². The number of rotatable bonds is 2. The van der Waals surface area contributed by atoms with E-state index in [0.29, 0.717) is 5.92 Å². The molecule has 0 saturated heterocycles. The van der Waals surface area contributed by atoms with Crippen molar-refractivity contribution in [2.45, 2.75) is 19.8 Å². The quantitative estimate of drug-likeness (QED) is 0.553. The van der Waals surface area contributed by atoms with Gasteiger partial charge in [-0.15, -0.1) is 0 Å². The zero-order valence-corrected chi connectivity index (χ0v) is 5.63. The number of carbonyl (C=O) groups excluding carboxylic acids is 1. The third kappa shape index (κ3) is 1.13. The van der Waals surface area contributed by atoms with Crippen LogP contribution in [-0.2, 0) is 4.79 Å². The van der Waals surface area contributed by atoms with Gasteiger partial charge in [0.1, 0.15) is 6.29 Å². The van der Waals surface area contributed by atoms with Crippen LogP contribution >= 0.6 is 0 Å². The van der Waals surface area contributed by atoms with Crippen LogP contribution in [0.2, 0.25) is 0 Å². The zero-order valence-electron chi connectivity index (χ0n) is 5.63. The van der Waals surface area contributed by atoms with Crippen molar-refractivity contribution in [2.75, 3.05) is 6.61 Å². The van der Waals surface area contributed by atoms with Crippen molar-refractivity contribution in [3.63, 3.8) is 0 Å². The third-order valence-corrected chi connectivity index (χ3v) is 2.05. The Morgan fingerprint density at radius 3 is 2.67 bits per heavy atom. The molecular weight excluding hydrogens is 116 g/mol. The maximum Gasteiger partial charge on any atom is 0.125 e. The van der Waals surface area contributed by atoms with E-state index < -0.39 is 0 Å². The normalized spacial score (nSPS) is 41.8. The molecule has 52 valence electrons. The maximum atomic E-state index is 10.3. The van der Waals surface area contributed by atoms with Crippen LogP contribution in [0.15, 0.2) is 0 Å². The molecular formula is C7H12O2. The summed E-state index contributed by atoms with van der Waals surface area (Å²) in [5.41, 5.74) is -0.104. The van der Waals surface area contributed by atoms with Gasteiger partial charge in [-0.3, -0.25) is 0 Å². The lowest BCUT2D eigenvalue weighted by Crippen LogP contribution is -2.37. The molecule has 1 saturated carbocycles. The van der Waals surface area contributed by atoms with E-state index in [-0.39, 0.29) is 12.0 Å². The van der Waals surface area contributed by atoms with Crippen LogP contribution in [0.1, 0.15) is 19.8 Å². The Hall–Kier alpha value is -0.370. The Morgan fingerprint density at radius 1 is 1.78 bits per heavy atom. The largest absolute Gasteiger partial charge is 0.396 e. The summed E-state index contributed by atoms with van der Waals surface area (Å²) in [5, 5.41) is 8.60. The summed E-state index contributed by atoms with van der Waals surface area (Å²) in [6.07, 6.45) is 2.74. The highest BCUT2D eigenvalue weighted by Gasteiger charge is 2.39. The molecule has 1 N–H and O–H groups in total. The first-order valence-electron chi connectivity index (χ1n) is 3.27. The van der Waals surface area contributed by atoms with Crippen LogP contribution in [0.4, 0.5) is 0 Å². The van der Waals surface area contributed by atoms with Crippen molar-refractivity contribution >= 4 is 6.29 Å². The topological polar surface area (TPSA) is 37.3 Å². The van der Waals surface area contributed by atoms with Crippen molar-refractivity contribution in [1.29, 1.82) is 0 Å². The molecule has 2 nitrogen and oxygen atoms in total. The van der Waals surface area contributed by atoms with E-state index in [1.54, 1.807) is 0 Å². The number of hydrogen-bond donors (Lipinski definition) is 1. The molecule has 1 aliphatic carbocycles. The van der Waals surface area contributed by atoms with E-state index in [4.69, 9.17) is 5.11 Å². The fourth-order valence-electron chi connectivity index (χ4n) is 1.48. The summed E-state index contributed by atoms with van der Waals surface area (Å²) >= 11 is 0.